The van der Waals surface area contributed by atoms with E-state index in [1.54, 1.807) is 20.2 Å². The highest BCUT2D eigenvalue weighted by molar-refractivity contribution is 5.88. The highest BCUT2D eigenvalue weighted by Gasteiger charge is 2.25. The predicted molar refractivity (Wildman–Crippen MR) is 70.0 cm³/mol. The Morgan fingerprint density at radius 1 is 1.45 bits per heavy atom. The van der Waals surface area contributed by atoms with Gasteiger partial charge in [0.25, 0.3) is 5.89 Å². The van der Waals surface area contributed by atoms with E-state index >= 15 is 0 Å². The summed E-state index contributed by atoms with van der Waals surface area (Å²) in [4.78, 5) is 16.1. The number of aryl methyl sites for hydroxylation is 1. The average molecular weight is 278 g/mol. The van der Waals surface area contributed by atoms with E-state index in [2.05, 4.69) is 15.2 Å². The van der Waals surface area contributed by atoms with E-state index in [0.29, 0.717) is 11.4 Å². The van der Waals surface area contributed by atoms with Crippen LogP contribution in [0.25, 0.3) is 0 Å². The molecule has 1 unspecified atom stereocenters. The summed E-state index contributed by atoms with van der Waals surface area (Å²) in [5.41, 5.74) is 0.171. The molecule has 2 heterocycles. The van der Waals surface area contributed by atoms with Crippen molar-refractivity contribution < 1.29 is 14.1 Å². The van der Waals surface area contributed by atoms with Crippen LogP contribution in [0.1, 0.15) is 55.9 Å². The Kier molecular flexibility index (Phi) is 3.61. The third kappa shape index (κ3) is 3.04. The van der Waals surface area contributed by atoms with Gasteiger partial charge in [-0.05, 0) is 6.92 Å². The molecular formula is C13H18N4O3. The summed E-state index contributed by atoms with van der Waals surface area (Å²) in [5.74, 6) is 0.394. The molecule has 0 fully saturated rings. The Hall–Kier alpha value is -2.18. The van der Waals surface area contributed by atoms with Crippen molar-refractivity contribution in [3.63, 3.8) is 0 Å². The highest BCUT2D eigenvalue weighted by Crippen LogP contribution is 2.22. The first kappa shape index (κ1) is 14.2. The monoisotopic (exact) mass is 278 g/mol. The van der Waals surface area contributed by atoms with Crippen LogP contribution in [0.5, 0.6) is 0 Å². The maximum atomic E-state index is 11.9. The molecule has 0 aromatic carbocycles. The van der Waals surface area contributed by atoms with Crippen molar-refractivity contribution in [3.8, 4) is 0 Å². The first-order valence-corrected chi connectivity index (χ1v) is 6.31. The minimum Gasteiger partial charge on any atom is -0.449 e. The van der Waals surface area contributed by atoms with Crippen LogP contribution in [0, 0.1) is 0 Å². The van der Waals surface area contributed by atoms with Gasteiger partial charge >= 0.3 is 5.97 Å². The molecule has 2 aromatic heterocycles. The summed E-state index contributed by atoms with van der Waals surface area (Å²) >= 11 is 0. The largest absolute Gasteiger partial charge is 0.449 e. The molecule has 7 heteroatoms. The molecule has 108 valence electrons. The van der Waals surface area contributed by atoms with E-state index in [-0.39, 0.29) is 11.3 Å². The third-order valence-electron chi connectivity index (χ3n) is 2.68. The number of nitrogens with zero attached hydrogens (tertiary/aromatic N) is 4. The fourth-order valence-corrected chi connectivity index (χ4v) is 1.51. The maximum absolute atomic E-state index is 11.9. The highest BCUT2D eigenvalue weighted by atomic mass is 16.6. The van der Waals surface area contributed by atoms with Gasteiger partial charge in [0, 0.05) is 18.7 Å². The number of carbonyl (C=O) groups is 1. The standard InChI is InChI=1S/C13H18N4O3/c1-8(10-15-12(16-20-10)13(2,3)4)19-11(18)9-6-14-17(5)7-9/h6-8H,1-5H3. The Labute approximate surface area is 116 Å². The molecule has 0 bridgehead atoms. The van der Waals surface area contributed by atoms with Gasteiger partial charge in [0.2, 0.25) is 0 Å². The maximum Gasteiger partial charge on any atom is 0.342 e. The molecule has 20 heavy (non-hydrogen) atoms. The quantitative estimate of drug-likeness (QED) is 0.799. The second kappa shape index (κ2) is 5.07. The number of hydrogen-bond donors (Lipinski definition) is 0. The molecule has 0 amide bonds. The number of esters is 1. The molecular weight excluding hydrogens is 260 g/mol. The van der Waals surface area contributed by atoms with Crippen molar-refractivity contribution >= 4 is 5.97 Å². The number of aromatic nitrogens is 4. The van der Waals surface area contributed by atoms with Crippen LogP contribution in [-0.2, 0) is 17.2 Å². The first-order chi connectivity index (χ1) is 9.27. The van der Waals surface area contributed by atoms with Crippen LogP contribution in [0.3, 0.4) is 0 Å². The number of ether oxygens (including phenoxy) is 1. The minimum atomic E-state index is -0.605. The topological polar surface area (TPSA) is 83.0 Å². The summed E-state index contributed by atoms with van der Waals surface area (Å²) in [7, 11) is 1.73. The molecule has 0 spiro atoms. The van der Waals surface area contributed by atoms with Gasteiger partial charge in [-0.15, -0.1) is 0 Å². The van der Waals surface area contributed by atoms with E-state index in [0.717, 1.165) is 0 Å². The van der Waals surface area contributed by atoms with Gasteiger partial charge in [0.05, 0.1) is 11.8 Å². The van der Waals surface area contributed by atoms with Crippen molar-refractivity contribution in [1.29, 1.82) is 0 Å². The summed E-state index contributed by atoms with van der Waals surface area (Å²) < 4.78 is 11.9. The molecule has 7 nitrogen and oxygen atoms in total. The van der Waals surface area contributed by atoms with Crippen LogP contribution in [-0.4, -0.2) is 25.9 Å². The summed E-state index contributed by atoms with van der Waals surface area (Å²) in [6.07, 6.45) is 2.43. The molecule has 0 saturated heterocycles. The molecule has 2 rings (SSSR count). The lowest BCUT2D eigenvalue weighted by Gasteiger charge is -2.11. The molecule has 0 aliphatic heterocycles. The van der Waals surface area contributed by atoms with Gasteiger partial charge in [-0.25, -0.2) is 4.79 Å². The van der Waals surface area contributed by atoms with E-state index < -0.39 is 12.1 Å². The zero-order valence-corrected chi connectivity index (χ0v) is 12.2. The van der Waals surface area contributed by atoms with Crippen LogP contribution >= 0.6 is 0 Å². The lowest BCUT2D eigenvalue weighted by molar-refractivity contribution is 0.0265. The van der Waals surface area contributed by atoms with Gasteiger partial charge < -0.3 is 9.26 Å². The number of rotatable bonds is 3. The predicted octanol–water partition coefficient (Wildman–Crippen LogP) is 2.02. The SMILES string of the molecule is CC(OC(=O)c1cnn(C)c1)c1nc(C(C)(C)C)no1. The van der Waals surface area contributed by atoms with Crippen LogP contribution in [0.15, 0.2) is 16.9 Å². The molecule has 0 aliphatic rings. The summed E-state index contributed by atoms with van der Waals surface area (Å²) in [5, 5.41) is 7.82. The fourth-order valence-electron chi connectivity index (χ4n) is 1.51. The van der Waals surface area contributed by atoms with E-state index in [1.165, 1.54) is 10.9 Å². The van der Waals surface area contributed by atoms with Crippen molar-refractivity contribution in [3.05, 3.63) is 29.7 Å². The van der Waals surface area contributed by atoms with Gasteiger partial charge in [0.1, 0.15) is 0 Å². The molecule has 2 aromatic rings. The fraction of sp³-hybridized carbons (Fsp3) is 0.538. The first-order valence-electron chi connectivity index (χ1n) is 6.31. The number of carbonyl (C=O) groups excluding carboxylic acids is 1. The molecule has 0 saturated carbocycles. The Morgan fingerprint density at radius 2 is 2.15 bits per heavy atom. The normalized spacial score (nSPS) is 13.2. The molecule has 0 radical (unpaired) electrons. The van der Waals surface area contributed by atoms with Gasteiger partial charge in [0.15, 0.2) is 11.9 Å². The van der Waals surface area contributed by atoms with Crippen LogP contribution in [0.2, 0.25) is 0 Å². The lowest BCUT2D eigenvalue weighted by atomic mass is 9.96. The molecule has 0 aliphatic carbocycles. The lowest BCUT2D eigenvalue weighted by Crippen LogP contribution is -2.14. The zero-order valence-electron chi connectivity index (χ0n) is 12.2. The number of hydrogen-bond acceptors (Lipinski definition) is 6. The summed E-state index contributed by atoms with van der Waals surface area (Å²) in [6, 6.07) is 0. The van der Waals surface area contributed by atoms with Crippen molar-refractivity contribution in [2.75, 3.05) is 0 Å². The summed E-state index contributed by atoms with van der Waals surface area (Å²) in [6.45, 7) is 7.63. The van der Waals surface area contributed by atoms with Crippen molar-refractivity contribution in [2.24, 2.45) is 7.05 Å². The van der Waals surface area contributed by atoms with Gasteiger partial charge in [-0.2, -0.15) is 10.1 Å². The minimum absolute atomic E-state index is 0.213. The Bertz CT molecular complexity index is 609. The zero-order chi connectivity index (χ0) is 14.9. The Balaban J connectivity index is 2.07. The third-order valence-corrected chi connectivity index (χ3v) is 2.68. The second-order valence-corrected chi connectivity index (χ2v) is 5.66. The van der Waals surface area contributed by atoms with E-state index in [9.17, 15) is 4.79 Å². The van der Waals surface area contributed by atoms with Crippen molar-refractivity contribution in [1.82, 2.24) is 19.9 Å². The second-order valence-electron chi connectivity index (χ2n) is 5.66. The smallest absolute Gasteiger partial charge is 0.342 e. The van der Waals surface area contributed by atoms with Crippen LogP contribution < -0.4 is 0 Å². The van der Waals surface area contributed by atoms with Gasteiger partial charge in [-0.3, -0.25) is 4.68 Å². The Morgan fingerprint density at radius 3 is 2.65 bits per heavy atom. The van der Waals surface area contributed by atoms with Crippen LogP contribution in [0.4, 0.5) is 0 Å². The average Bonchev–Trinajstić information content (AvgIpc) is 2.95. The van der Waals surface area contributed by atoms with E-state index in [1.807, 2.05) is 20.8 Å². The molecule has 1 atom stereocenters. The van der Waals surface area contributed by atoms with E-state index in [4.69, 9.17) is 9.26 Å². The van der Waals surface area contributed by atoms with Gasteiger partial charge in [-0.1, -0.05) is 25.9 Å². The van der Waals surface area contributed by atoms with Crippen molar-refractivity contribution in [2.45, 2.75) is 39.2 Å². The molecule has 0 N–H and O–H groups in total.